The van der Waals surface area contributed by atoms with E-state index in [1.807, 2.05) is 43.6 Å². The number of benzene rings is 1. The fraction of sp³-hybridized carbons (Fsp3) is 0.429. The van der Waals surface area contributed by atoms with Gasteiger partial charge in [-0.1, -0.05) is 31.9 Å². The van der Waals surface area contributed by atoms with Crippen LogP contribution in [0.1, 0.15) is 36.7 Å². The first-order chi connectivity index (χ1) is 13.1. The lowest BCUT2D eigenvalue weighted by molar-refractivity contribution is -0.121. The van der Waals surface area contributed by atoms with E-state index in [1.54, 1.807) is 27.5 Å². The Bertz CT molecular complexity index is 815. The molecule has 0 bridgehead atoms. The summed E-state index contributed by atoms with van der Waals surface area (Å²) in [6.07, 6.45) is 4.77. The second kappa shape index (κ2) is 8.29. The van der Waals surface area contributed by atoms with Gasteiger partial charge in [-0.3, -0.25) is 9.59 Å². The van der Waals surface area contributed by atoms with Crippen molar-refractivity contribution in [2.24, 2.45) is 7.05 Å². The third-order valence-electron chi connectivity index (χ3n) is 5.13. The van der Waals surface area contributed by atoms with Crippen LogP contribution in [0.5, 0.6) is 5.75 Å². The van der Waals surface area contributed by atoms with E-state index in [-0.39, 0.29) is 24.4 Å². The van der Waals surface area contributed by atoms with E-state index >= 15 is 0 Å². The highest BCUT2D eigenvalue weighted by molar-refractivity contribution is 6.02. The molecule has 0 radical (unpaired) electrons. The van der Waals surface area contributed by atoms with Crippen LogP contribution in [0.2, 0.25) is 0 Å². The lowest BCUT2D eigenvalue weighted by Gasteiger charge is -2.41. The van der Waals surface area contributed by atoms with Crippen LogP contribution in [0.3, 0.4) is 0 Å². The van der Waals surface area contributed by atoms with Gasteiger partial charge in [0.2, 0.25) is 5.91 Å². The number of unbranched alkanes of at least 4 members (excludes halogenated alkanes) is 1. The lowest BCUT2D eigenvalue weighted by Crippen LogP contribution is -2.58. The van der Waals surface area contributed by atoms with Crippen LogP contribution in [0, 0.1) is 0 Å². The average Bonchev–Trinajstić information content (AvgIpc) is 3.12. The maximum absolute atomic E-state index is 13.1. The number of hydrogen-bond acceptors (Lipinski definition) is 3. The number of aryl methyl sites for hydroxylation is 1. The van der Waals surface area contributed by atoms with Crippen LogP contribution in [0.25, 0.3) is 0 Å². The summed E-state index contributed by atoms with van der Waals surface area (Å²) in [5.41, 5.74) is 1.37. The second-order valence-corrected chi connectivity index (χ2v) is 6.91. The van der Waals surface area contributed by atoms with Gasteiger partial charge in [0, 0.05) is 19.8 Å². The molecule has 1 aromatic carbocycles. The quantitative estimate of drug-likeness (QED) is 0.786. The normalized spacial score (nSPS) is 17.3. The molecule has 1 atom stereocenters. The predicted molar refractivity (Wildman–Crippen MR) is 105 cm³/mol. The Labute approximate surface area is 160 Å². The third-order valence-corrected chi connectivity index (χ3v) is 5.13. The summed E-state index contributed by atoms with van der Waals surface area (Å²) in [5, 5.41) is 0. The summed E-state index contributed by atoms with van der Waals surface area (Å²) in [7, 11) is 3.45. The maximum atomic E-state index is 13.1. The second-order valence-electron chi connectivity index (χ2n) is 6.91. The van der Waals surface area contributed by atoms with Crippen molar-refractivity contribution in [2.75, 3.05) is 25.1 Å². The fourth-order valence-corrected chi connectivity index (χ4v) is 3.61. The van der Waals surface area contributed by atoms with Gasteiger partial charge in [0.1, 0.15) is 18.0 Å². The van der Waals surface area contributed by atoms with E-state index in [0.717, 1.165) is 24.9 Å². The summed E-state index contributed by atoms with van der Waals surface area (Å²) in [5.74, 6) is 0.494. The molecule has 1 aromatic heterocycles. The van der Waals surface area contributed by atoms with Crippen LogP contribution < -0.4 is 9.64 Å². The van der Waals surface area contributed by atoms with Crippen LogP contribution in [0.4, 0.5) is 5.69 Å². The van der Waals surface area contributed by atoms with Gasteiger partial charge in [-0.2, -0.15) is 0 Å². The Balaban J connectivity index is 1.89. The molecule has 2 aromatic rings. The molecule has 1 aliphatic rings. The molecule has 2 amide bonds. The average molecular weight is 369 g/mol. The molecule has 0 spiro atoms. The zero-order valence-electron chi connectivity index (χ0n) is 16.2. The molecule has 6 nitrogen and oxygen atoms in total. The Kier molecular flexibility index (Phi) is 5.84. The van der Waals surface area contributed by atoms with Crippen LogP contribution >= 0.6 is 0 Å². The molecule has 3 rings (SSSR count). The molecular weight excluding hydrogens is 342 g/mol. The Hall–Kier alpha value is -2.76. The molecular formula is C21H27N3O3. The van der Waals surface area contributed by atoms with Crippen molar-refractivity contribution in [1.82, 2.24) is 9.47 Å². The van der Waals surface area contributed by atoms with Crippen molar-refractivity contribution in [3.05, 3.63) is 48.3 Å². The smallest absolute Gasteiger partial charge is 0.271 e. The van der Waals surface area contributed by atoms with E-state index < -0.39 is 0 Å². The highest BCUT2D eigenvalue weighted by Crippen LogP contribution is 2.31. The Morgan fingerprint density at radius 2 is 2.00 bits per heavy atom. The summed E-state index contributed by atoms with van der Waals surface area (Å²) in [6.45, 7) is 2.70. The molecule has 1 aliphatic heterocycles. The zero-order chi connectivity index (χ0) is 19.4. The van der Waals surface area contributed by atoms with Crippen molar-refractivity contribution >= 4 is 17.5 Å². The van der Waals surface area contributed by atoms with Gasteiger partial charge in [0.15, 0.2) is 0 Å². The monoisotopic (exact) mass is 369 g/mol. The summed E-state index contributed by atoms with van der Waals surface area (Å²) in [4.78, 5) is 29.5. The van der Waals surface area contributed by atoms with Crippen molar-refractivity contribution in [2.45, 2.75) is 32.2 Å². The Morgan fingerprint density at radius 1 is 1.22 bits per heavy atom. The number of amides is 2. The third kappa shape index (κ3) is 3.84. The number of carbonyl (C=O) groups is 2. The van der Waals surface area contributed by atoms with Crippen LogP contribution in [0.15, 0.2) is 42.6 Å². The number of rotatable bonds is 6. The van der Waals surface area contributed by atoms with Gasteiger partial charge in [0.05, 0.1) is 18.8 Å². The highest BCUT2D eigenvalue weighted by Gasteiger charge is 2.37. The highest BCUT2D eigenvalue weighted by atomic mass is 16.5. The van der Waals surface area contributed by atoms with Crippen LogP contribution in [-0.4, -0.2) is 47.5 Å². The number of aromatic nitrogens is 1. The van der Waals surface area contributed by atoms with Gasteiger partial charge in [-0.25, -0.2) is 0 Å². The molecule has 1 saturated heterocycles. The summed E-state index contributed by atoms with van der Waals surface area (Å²) >= 11 is 0. The number of para-hydroxylation sites is 2. The number of nitrogens with zero attached hydrogens (tertiary/aromatic N) is 3. The van der Waals surface area contributed by atoms with Gasteiger partial charge >= 0.3 is 0 Å². The summed E-state index contributed by atoms with van der Waals surface area (Å²) < 4.78 is 7.24. The van der Waals surface area contributed by atoms with Crippen molar-refractivity contribution in [3.63, 3.8) is 0 Å². The number of piperazine rings is 1. The number of ether oxygens (including phenoxy) is 1. The first kappa shape index (κ1) is 19.0. The lowest BCUT2D eigenvalue weighted by atomic mass is 10.0. The zero-order valence-corrected chi connectivity index (χ0v) is 16.2. The minimum Gasteiger partial charge on any atom is -0.495 e. The molecule has 1 fully saturated rings. The van der Waals surface area contributed by atoms with E-state index in [9.17, 15) is 9.59 Å². The summed E-state index contributed by atoms with van der Waals surface area (Å²) in [6, 6.07) is 11.2. The molecule has 0 N–H and O–H groups in total. The minimum absolute atomic E-state index is 0.0186. The predicted octanol–water partition coefficient (Wildman–Crippen LogP) is 3.08. The Morgan fingerprint density at radius 3 is 2.67 bits per heavy atom. The number of anilines is 1. The molecule has 2 heterocycles. The minimum atomic E-state index is -0.0881. The van der Waals surface area contributed by atoms with Gasteiger partial charge < -0.3 is 19.1 Å². The van der Waals surface area contributed by atoms with E-state index in [2.05, 4.69) is 6.92 Å². The van der Waals surface area contributed by atoms with E-state index in [1.165, 1.54) is 0 Å². The van der Waals surface area contributed by atoms with Crippen molar-refractivity contribution < 1.29 is 14.3 Å². The first-order valence-electron chi connectivity index (χ1n) is 9.42. The van der Waals surface area contributed by atoms with E-state index in [0.29, 0.717) is 18.0 Å². The maximum Gasteiger partial charge on any atom is 0.271 e. The van der Waals surface area contributed by atoms with Crippen molar-refractivity contribution in [1.29, 1.82) is 0 Å². The molecule has 0 aliphatic carbocycles. The van der Waals surface area contributed by atoms with E-state index in [4.69, 9.17) is 4.74 Å². The van der Waals surface area contributed by atoms with Gasteiger partial charge in [-0.15, -0.1) is 0 Å². The SMILES string of the molecule is CCCC[C@@H]1CN(c2ccccc2OC)C(=O)CN1C(=O)c1cccn1C. The first-order valence-corrected chi connectivity index (χ1v) is 9.42. The largest absolute Gasteiger partial charge is 0.495 e. The molecule has 0 saturated carbocycles. The molecule has 0 unspecified atom stereocenters. The van der Waals surface area contributed by atoms with Gasteiger partial charge in [0.25, 0.3) is 5.91 Å². The molecule has 144 valence electrons. The standard InChI is InChI=1S/C21H27N3O3/c1-4-5-9-16-14-24(17-10-6-7-12-19(17)27-3)20(25)15-23(16)21(26)18-11-8-13-22(18)2/h6-8,10-13,16H,4-5,9,14-15H2,1-3H3/t16-/m1/s1. The topological polar surface area (TPSA) is 54.8 Å². The van der Waals surface area contributed by atoms with Crippen LogP contribution in [-0.2, 0) is 11.8 Å². The fourth-order valence-electron chi connectivity index (χ4n) is 3.61. The number of methoxy groups -OCH3 is 1. The van der Waals surface area contributed by atoms with Crippen molar-refractivity contribution in [3.8, 4) is 5.75 Å². The number of carbonyl (C=O) groups excluding carboxylic acids is 2. The number of hydrogen-bond donors (Lipinski definition) is 0. The molecule has 27 heavy (non-hydrogen) atoms. The molecule has 6 heteroatoms. The van der Waals surface area contributed by atoms with Gasteiger partial charge in [-0.05, 0) is 30.7 Å².